The Morgan fingerprint density at radius 3 is 2.00 bits per heavy atom. The third-order valence-electron chi connectivity index (χ3n) is 2.35. The monoisotopic (exact) mass is 261 g/mol. The van der Waals surface area contributed by atoms with Crippen molar-refractivity contribution in [3.63, 3.8) is 0 Å². The topological polar surface area (TPSA) is 53.7 Å². The molecule has 1 aromatic carbocycles. The zero-order valence-corrected chi connectivity index (χ0v) is 11.5. The molecule has 0 spiro atoms. The van der Waals surface area contributed by atoms with Crippen LogP contribution in [0.3, 0.4) is 0 Å². The molecule has 0 saturated carbocycles. The maximum atomic E-state index is 5.81. The van der Waals surface area contributed by atoms with Crippen LogP contribution in [0.25, 0.3) is 0 Å². The van der Waals surface area contributed by atoms with E-state index in [-0.39, 0.29) is 18.4 Å². The van der Waals surface area contributed by atoms with Crippen LogP contribution in [0.15, 0.2) is 12.1 Å². The van der Waals surface area contributed by atoms with E-state index in [2.05, 4.69) is 0 Å². The predicted molar refractivity (Wildman–Crippen MR) is 70.7 cm³/mol. The third kappa shape index (κ3) is 3.68. The molecule has 98 valence electrons. The predicted octanol–water partition coefficient (Wildman–Crippen LogP) is 2.02. The van der Waals surface area contributed by atoms with Crippen LogP contribution >= 0.6 is 12.4 Å². The standard InChI is InChI=1S/C12H19NO3.ClH/c1-8(13)7-9-10(14-2)5-6-11(15-3)12(9)16-4;/h5-6,8H,7,13H2,1-4H3;1H. The molecule has 4 nitrogen and oxygen atoms in total. The van der Waals surface area contributed by atoms with Crippen molar-refractivity contribution in [3.8, 4) is 17.2 Å². The van der Waals surface area contributed by atoms with Gasteiger partial charge in [-0.2, -0.15) is 0 Å². The molecular weight excluding hydrogens is 242 g/mol. The first-order chi connectivity index (χ1) is 7.63. The van der Waals surface area contributed by atoms with Gasteiger partial charge >= 0.3 is 0 Å². The molecule has 0 aliphatic carbocycles. The summed E-state index contributed by atoms with van der Waals surface area (Å²) >= 11 is 0. The van der Waals surface area contributed by atoms with E-state index >= 15 is 0 Å². The second-order valence-corrected chi connectivity index (χ2v) is 3.66. The van der Waals surface area contributed by atoms with Gasteiger partial charge in [-0.1, -0.05) is 0 Å². The summed E-state index contributed by atoms with van der Waals surface area (Å²) in [5.74, 6) is 2.16. The van der Waals surface area contributed by atoms with Crippen molar-refractivity contribution >= 4 is 12.4 Å². The van der Waals surface area contributed by atoms with Crippen molar-refractivity contribution in [1.82, 2.24) is 0 Å². The second-order valence-electron chi connectivity index (χ2n) is 3.66. The number of ether oxygens (including phenoxy) is 3. The Bertz CT molecular complexity index is 356. The molecule has 0 fully saturated rings. The van der Waals surface area contributed by atoms with E-state index in [9.17, 15) is 0 Å². The SMILES string of the molecule is COc1ccc(OC)c(OC)c1CC(C)N.Cl. The largest absolute Gasteiger partial charge is 0.496 e. The summed E-state index contributed by atoms with van der Waals surface area (Å²) in [7, 11) is 4.86. The smallest absolute Gasteiger partial charge is 0.167 e. The van der Waals surface area contributed by atoms with Crippen molar-refractivity contribution < 1.29 is 14.2 Å². The Morgan fingerprint density at radius 1 is 1.06 bits per heavy atom. The minimum Gasteiger partial charge on any atom is -0.496 e. The van der Waals surface area contributed by atoms with Gasteiger partial charge in [0.25, 0.3) is 0 Å². The molecule has 17 heavy (non-hydrogen) atoms. The van der Waals surface area contributed by atoms with Gasteiger partial charge in [-0.3, -0.25) is 0 Å². The maximum Gasteiger partial charge on any atom is 0.167 e. The van der Waals surface area contributed by atoms with Crippen LogP contribution in [-0.2, 0) is 6.42 Å². The first-order valence-corrected chi connectivity index (χ1v) is 5.17. The average Bonchev–Trinajstić information content (AvgIpc) is 2.27. The fourth-order valence-corrected chi connectivity index (χ4v) is 1.68. The summed E-state index contributed by atoms with van der Waals surface area (Å²) in [4.78, 5) is 0. The average molecular weight is 262 g/mol. The number of halogens is 1. The summed E-state index contributed by atoms with van der Waals surface area (Å²) in [6, 6.07) is 3.72. The van der Waals surface area contributed by atoms with Crippen LogP contribution in [0.4, 0.5) is 0 Å². The van der Waals surface area contributed by atoms with E-state index < -0.39 is 0 Å². The van der Waals surface area contributed by atoms with Gasteiger partial charge < -0.3 is 19.9 Å². The van der Waals surface area contributed by atoms with Gasteiger partial charge in [0, 0.05) is 11.6 Å². The highest BCUT2D eigenvalue weighted by molar-refractivity contribution is 5.85. The molecule has 1 atom stereocenters. The van der Waals surface area contributed by atoms with Crippen LogP contribution in [0, 0.1) is 0 Å². The molecule has 1 aromatic rings. The number of benzene rings is 1. The molecule has 0 radical (unpaired) electrons. The fourth-order valence-electron chi connectivity index (χ4n) is 1.68. The molecule has 5 heteroatoms. The molecule has 0 amide bonds. The molecule has 0 saturated heterocycles. The van der Waals surface area contributed by atoms with Gasteiger partial charge in [0.05, 0.1) is 21.3 Å². The molecule has 0 heterocycles. The molecule has 0 aliphatic rings. The van der Waals surface area contributed by atoms with Crippen LogP contribution in [0.2, 0.25) is 0 Å². The molecule has 0 bridgehead atoms. The van der Waals surface area contributed by atoms with Crippen LogP contribution in [0.5, 0.6) is 17.2 Å². The Labute approximate surface area is 108 Å². The van der Waals surface area contributed by atoms with E-state index in [4.69, 9.17) is 19.9 Å². The van der Waals surface area contributed by atoms with E-state index in [1.807, 2.05) is 19.1 Å². The normalized spacial score (nSPS) is 11.4. The quantitative estimate of drug-likeness (QED) is 0.881. The lowest BCUT2D eigenvalue weighted by Gasteiger charge is -2.17. The zero-order chi connectivity index (χ0) is 12.1. The van der Waals surface area contributed by atoms with Crippen molar-refractivity contribution in [2.24, 2.45) is 5.73 Å². The molecule has 1 unspecified atom stereocenters. The van der Waals surface area contributed by atoms with E-state index in [1.165, 1.54) is 0 Å². The number of hydrogen-bond donors (Lipinski definition) is 1. The lowest BCUT2D eigenvalue weighted by atomic mass is 10.0. The minimum absolute atomic E-state index is 0. The van der Waals surface area contributed by atoms with Crippen molar-refractivity contribution in [1.29, 1.82) is 0 Å². The number of nitrogens with two attached hydrogens (primary N) is 1. The first kappa shape index (κ1) is 15.9. The maximum absolute atomic E-state index is 5.81. The number of methoxy groups -OCH3 is 3. The zero-order valence-electron chi connectivity index (χ0n) is 10.6. The third-order valence-corrected chi connectivity index (χ3v) is 2.35. The summed E-state index contributed by atoms with van der Waals surface area (Å²) in [5.41, 5.74) is 6.76. The van der Waals surface area contributed by atoms with Crippen LogP contribution in [-0.4, -0.2) is 27.4 Å². The van der Waals surface area contributed by atoms with Gasteiger partial charge in [-0.25, -0.2) is 0 Å². The van der Waals surface area contributed by atoms with Gasteiger partial charge in [0.2, 0.25) is 0 Å². The Morgan fingerprint density at radius 2 is 1.59 bits per heavy atom. The van der Waals surface area contributed by atoms with Gasteiger partial charge in [0.15, 0.2) is 11.5 Å². The Hall–Kier alpha value is -1.13. The van der Waals surface area contributed by atoms with E-state index in [0.717, 1.165) is 11.3 Å². The fraction of sp³-hybridized carbons (Fsp3) is 0.500. The van der Waals surface area contributed by atoms with Crippen molar-refractivity contribution in [3.05, 3.63) is 17.7 Å². The summed E-state index contributed by atoms with van der Waals surface area (Å²) in [6.07, 6.45) is 0.684. The van der Waals surface area contributed by atoms with Gasteiger partial charge in [-0.15, -0.1) is 12.4 Å². The van der Waals surface area contributed by atoms with Gasteiger partial charge in [0.1, 0.15) is 5.75 Å². The summed E-state index contributed by atoms with van der Waals surface area (Å²) in [6.45, 7) is 1.94. The molecule has 1 rings (SSSR count). The Balaban J connectivity index is 0.00000256. The van der Waals surface area contributed by atoms with Crippen molar-refractivity contribution in [2.75, 3.05) is 21.3 Å². The molecule has 0 aliphatic heterocycles. The highest BCUT2D eigenvalue weighted by atomic mass is 35.5. The van der Waals surface area contributed by atoms with E-state index in [1.54, 1.807) is 21.3 Å². The summed E-state index contributed by atoms with van der Waals surface area (Å²) < 4.78 is 15.9. The van der Waals surface area contributed by atoms with Crippen LogP contribution < -0.4 is 19.9 Å². The highest BCUT2D eigenvalue weighted by Crippen LogP contribution is 2.37. The van der Waals surface area contributed by atoms with E-state index in [0.29, 0.717) is 17.9 Å². The second kappa shape index (κ2) is 7.25. The molecule has 0 aromatic heterocycles. The first-order valence-electron chi connectivity index (χ1n) is 5.17. The highest BCUT2D eigenvalue weighted by Gasteiger charge is 2.16. The molecular formula is C12H20ClNO3. The number of hydrogen-bond acceptors (Lipinski definition) is 4. The lowest BCUT2D eigenvalue weighted by Crippen LogP contribution is -2.18. The van der Waals surface area contributed by atoms with Gasteiger partial charge in [-0.05, 0) is 25.5 Å². The molecule has 2 N–H and O–H groups in total. The lowest BCUT2D eigenvalue weighted by molar-refractivity contribution is 0.342. The van der Waals surface area contributed by atoms with Crippen molar-refractivity contribution in [2.45, 2.75) is 19.4 Å². The number of rotatable bonds is 5. The Kier molecular flexibility index (Phi) is 6.76. The van der Waals surface area contributed by atoms with Crippen LogP contribution in [0.1, 0.15) is 12.5 Å². The summed E-state index contributed by atoms with van der Waals surface area (Å²) in [5, 5.41) is 0. The minimum atomic E-state index is 0.